The first-order chi connectivity index (χ1) is 9.41. The molecule has 0 spiro atoms. The zero-order chi connectivity index (χ0) is 14.8. The van der Waals surface area contributed by atoms with Crippen LogP contribution in [0.25, 0.3) is 0 Å². The van der Waals surface area contributed by atoms with Gasteiger partial charge >= 0.3 is 0 Å². The molecule has 2 rings (SSSR count). The van der Waals surface area contributed by atoms with Crippen LogP contribution in [0.1, 0.15) is 52.9 Å². The molecule has 0 bridgehead atoms. The maximum Gasteiger partial charge on any atom is 0.0220 e. The Labute approximate surface area is 125 Å². The zero-order valence-corrected chi connectivity index (χ0v) is 14.1. The summed E-state index contributed by atoms with van der Waals surface area (Å²) in [6.45, 7) is 12.1. The molecule has 0 radical (unpaired) electrons. The molecule has 1 saturated heterocycles. The van der Waals surface area contributed by atoms with Crippen molar-refractivity contribution in [1.82, 2.24) is 9.80 Å². The van der Waals surface area contributed by atoms with Crippen molar-refractivity contribution < 1.29 is 0 Å². The quantitative estimate of drug-likeness (QED) is 0.863. The zero-order valence-electron chi connectivity index (χ0n) is 14.1. The standard InChI is InChI=1S/C17H35N3/c1-5-15-13-19(4)9-6-10-20(15)12-14-11-17(2,3)8-7-16(14)18/h14-16H,5-13,18H2,1-4H3. The van der Waals surface area contributed by atoms with Crippen molar-refractivity contribution in [2.45, 2.75) is 65.0 Å². The van der Waals surface area contributed by atoms with E-state index >= 15 is 0 Å². The fourth-order valence-corrected chi connectivity index (χ4v) is 4.18. The largest absolute Gasteiger partial charge is 0.327 e. The Morgan fingerprint density at radius 1 is 1.25 bits per heavy atom. The van der Waals surface area contributed by atoms with Gasteiger partial charge in [-0.1, -0.05) is 20.8 Å². The minimum atomic E-state index is 0.418. The molecule has 3 atom stereocenters. The van der Waals surface area contributed by atoms with Crippen LogP contribution in [0.4, 0.5) is 0 Å². The molecule has 20 heavy (non-hydrogen) atoms. The molecule has 2 aliphatic rings. The Hall–Kier alpha value is -0.120. The van der Waals surface area contributed by atoms with Crippen molar-refractivity contribution in [3.05, 3.63) is 0 Å². The van der Waals surface area contributed by atoms with Gasteiger partial charge < -0.3 is 10.6 Å². The maximum absolute atomic E-state index is 6.43. The van der Waals surface area contributed by atoms with E-state index in [-0.39, 0.29) is 0 Å². The fraction of sp³-hybridized carbons (Fsp3) is 1.00. The summed E-state index contributed by atoms with van der Waals surface area (Å²) < 4.78 is 0. The Morgan fingerprint density at radius 3 is 2.70 bits per heavy atom. The minimum Gasteiger partial charge on any atom is -0.327 e. The first-order valence-corrected chi connectivity index (χ1v) is 8.59. The van der Waals surface area contributed by atoms with Crippen molar-refractivity contribution in [2.75, 3.05) is 33.2 Å². The van der Waals surface area contributed by atoms with Crippen LogP contribution in [0.3, 0.4) is 0 Å². The van der Waals surface area contributed by atoms with Gasteiger partial charge in [-0.2, -0.15) is 0 Å². The van der Waals surface area contributed by atoms with Crippen molar-refractivity contribution in [1.29, 1.82) is 0 Å². The van der Waals surface area contributed by atoms with Crippen LogP contribution in [0, 0.1) is 11.3 Å². The van der Waals surface area contributed by atoms with Crippen LogP contribution < -0.4 is 5.73 Å². The number of hydrogen-bond donors (Lipinski definition) is 1. The molecular formula is C17H35N3. The van der Waals surface area contributed by atoms with E-state index in [2.05, 4.69) is 37.6 Å². The molecule has 1 aliphatic heterocycles. The van der Waals surface area contributed by atoms with Gasteiger partial charge in [0.2, 0.25) is 0 Å². The van der Waals surface area contributed by atoms with E-state index in [9.17, 15) is 0 Å². The van der Waals surface area contributed by atoms with Gasteiger partial charge in [0, 0.05) is 25.2 Å². The number of hydrogen-bond acceptors (Lipinski definition) is 3. The molecule has 0 aromatic rings. The number of nitrogens with zero attached hydrogens (tertiary/aromatic N) is 2. The predicted molar refractivity (Wildman–Crippen MR) is 86.9 cm³/mol. The molecule has 0 amide bonds. The molecular weight excluding hydrogens is 246 g/mol. The number of likely N-dealkylation sites (N-methyl/N-ethyl adjacent to an activating group) is 1. The van der Waals surface area contributed by atoms with Crippen LogP contribution in [0.15, 0.2) is 0 Å². The van der Waals surface area contributed by atoms with Crippen LogP contribution in [-0.2, 0) is 0 Å². The smallest absolute Gasteiger partial charge is 0.0220 e. The molecule has 1 heterocycles. The summed E-state index contributed by atoms with van der Waals surface area (Å²) in [5.41, 5.74) is 6.92. The van der Waals surface area contributed by atoms with Crippen molar-refractivity contribution in [2.24, 2.45) is 17.1 Å². The molecule has 118 valence electrons. The topological polar surface area (TPSA) is 32.5 Å². The van der Waals surface area contributed by atoms with Gasteiger partial charge in [0.1, 0.15) is 0 Å². The minimum absolute atomic E-state index is 0.418. The normalized spacial score (nSPS) is 36.8. The van der Waals surface area contributed by atoms with Crippen molar-refractivity contribution in [3.63, 3.8) is 0 Å². The van der Waals surface area contributed by atoms with Crippen LogP contribution in [0.2, 0.25) is 0 Å². The molecule has 0 aromatic carbocycles. The Bertz CT molecular complexity index is 303. The lowest BCUT2D eigenvalue weighted by Crippen LogP contribution is -2.48. The predicted octanol–water partition coefficient (Wildman–Crippen LogP) is 2.56. The molecule has 2 N–H and O–H groups in total. The third-order valence-electron chi connectivity index (χ3n) is 5.54. The van der Waals surface area contributed by atoms with E-state index in [1.165, 1.54) is 58.3 Å². The lowest BCUT2D eigenvalue weighted by atomic mass is 9.70. The lowest BCUT2D eigenvalue weighted by Gasteiger charge is -2.42. The maximum atomic E-state index is 6.43. The van der Waals surface area contributed by atoms with Gasteiger partial charge in [0.25, 0.3) is 0 Å². The summed E-state index contributed by atoms with van der Waals surface area (Å²) in [6, 6.07) is 1.14. The van der Waals surface area contributed by atoms with Crippen molar-refractivity contribution >= 4 is 0 Å². The molecule has 3 nitrogen and oxygen atoms in total. The first-order valence-electron chi connectivity index (χ1n) is 8.59. The molecule has 1 saturated carbocycles. The highest BCUT2D eigenvalue weighted by molar-refractivity contribution is 4.90. The van der Waals surface area contributed by atoms with Crippen molar-refractivity contribution in [3.8, 4) is 0 Å². The highest BCUT2D eigenvalue weighted by atomic mass is 15.2. The summed E-state index contributed by atoms with van der Waals surface area (Å²) in [6.07, 6.45) is 6.37. The van der Waals surface area contributed by atoms with Gasteiger partial charge in [-0.15, -0.1) is 0 Å². The van der Waals surface area contributed by atoms with Crippen LogP contribution in [-0.4, -0.2) is 55.1 Å². The van der Waals surface area contributed by atoms with Gasteiger partial charge in [0.15, 0.2) is 0 Å². The first kappa shape index (κ1) is 16.3. The number of nitrogens with two attached hydrogens (primary N) is 1. The molecule has 3 unspecified atom stereocenters. The van der Waals surface area contributed by atoms with Crippen LogP contribution >= 0.6 is 0 Å². The molecule has 0 aromatic heterocycles. The average Bonchev–Trinajstić information content (AvgIpc) is 2.55. The highest BCUT2D eigenvalue weighted by Crippen LogP contribution is 2.38. The van der Waals surface area contributed by atoms with Gasteiger partial charge in [-0.3, -0.25) is 4.90 Å². The second-order valence-electron chi connectivity index (χ2n) is 8.00. The van der Waals surface area contributed by atoms with Gasteiger partial charge in [-0.25, -0.2) is 0 Å². The molecule has 3 heteroatoms. The Kier molecular flexibility index (Phi) is 5.49. The third kappa shape index (κ3) is 4.19. The second kappa shape index (κ2) is 6.76. The second-order valence-corrected chi connectivity index (χ2v) is 8.00. The van der Waals surface area contributed by atoms with Gasteiger partial charge in [-0.05, 0) is 63.6 Å². The Morgan fingerprint density at radius 2 is 2.00 bits per heavy atom. The van der Waals surface area contributed by atoms with E-state index in [1.54, 1.807) is 0 Å². The van der Waals surface area contributed by atoms with Gasteiger partial charge in [0.05, 0.1) is 0 Å². The van der Waals surface area contributed by atoms with E-state index in [0.29, 0.717) is 17.4 Å². The summed E-state index contributed by atoms with van der Waals surface area (Å²) in [5, 5.41) is 0. The fourth-order valence-electron chi connectivity index (χ4n) is 4.18. The Balaban J connectivity index is 1.98. The third-order valence-corrected chi connectivity index (χ3v) is 5.54. The molecule has 1 aliphatic carbocycles. The van der Waals surface area contributed by atoms with Crippen LogP contribution in [0.5, 0.6) is 0 Å². The monoisotopic (exact) mass is 281 g/mol. The average molecular weight is 281 g/mol. The van der Waals surface area contributed by atoms with E-state index in [0.717, 1.165) is 6.04 Å². The highest BCUT2D eigenvalue weighted by Gasteiger charge is 2.35. The summed E-state index contributed by atoms with van der Waals surface area (Å²) in [5.74, 6) is 0.691. The van der Waals surface area contributed by atoms with E-state index < -0.39 is 0 Å². The summed E-state index contributed by atoms with van der Waals surface area (Å²) >= 11 is 0. The van der Waals surface area contributed by atoms with E-state index in [4.69, 9.17) is 5.73 Å². The summed E-state index contributed by atoms with van der Waals surface area (Å²) in [7, 11) is 2.27. The molecule has 2 fully saturated rings. The number of rotatable bonds is 3. The van der Waals surface area contributed by atoms with E-state index in [1.807, 2.05) is 0 Å². The summed E-state index contributed by atoms with van der Waals surface area (Å²) in [4.78, 5) is 5.24. The SMILES string of the molecule is CCC1CN(C)CCCN1CC1CC(C)(C)CCC1N. The lowest BCUT2D eigenvalue weighted by molar-refractivity contribution is 0.0914.